The zero-order valence-corrected chi connectivity index (χ0v) is 12.5. The first-order valence-electron chi connectivity index (χ1n) is 7.19. The molecule has 2 N–H and O–H groups in total. The number of sulfonamides is 1. The van der Waals surface area contributed by atoms with Gasteiger partial charge in [-0.25, -0.2) is 8.42 Å². The van der Waals surface area contributed by atoms with Crippen molar-refractivity contribution in [3.8, 4) is 0 Å². The van der Waals surface area contributed by atoms with Crippen molar-refractivity contribution in [1.29, 1.82) is 0 Å². The van der Waals surface area contributed by atoms with Crippen molar-refractivity contribution in [3.63, 3.8) is 0 Å². The van der Waals surface area contributed by atoms with Crippen LogP contribution in [0.4, 0.5) is 8.78 Å². The number of alkyl halides is 2. The van der Waals surface area contributed by atoms with Crippen molar-refractivity contribution in [2.45, 2.75) is 37.5 Å². The number of carbonyl (C=O) groups excluding carboxylic acids is 1. The zero-order valence-electron chi connectivity index (χ0n) is 11.7. The molecule has 122 valence electrons. The fraction of sp³-hybridized carbons (Fsp3) is 0.917. The van der Waals surface area contributed by atoms with Crippen LogP contribution in [0, 0.1) is 5.92 Å². The maximum absolute atomic E-state index is 12.4. The Balaban J connectivity index is 1.73. The lowest BCUT2D eigenvalue weighted by Crippen LogP contribution is -2.46. The fourth-order valence-corrected chi connectivity index (χ4v) is 3.70. The summed E-state index contributed by atoms with van der Waals surface area (Å²) < 4.78 is 48.4. The highest BCUT2D eigenvalue weighted by atomic mass is 32.2. The normalized spacial score (nSPS) is 25.4. The van der Waals surface area contributed by atoms with Gasteiger partial charge in [0, 0.05) is 19.6 Å². The summed E-state index contributed by atoms with van der Waals surface area (Å²) in [5, 5.41) is 5.95. The molecule has 21 heavy (non-hydrogen) atoms. The van der Waals surface area contributed by atoms with Gasteiger partial charge in [-0.2, -0.15) is 13.1 Å². The number of nitrogens with one attached hydrogen (secondary N) is 2. The van der Waals surface area contributed by atoms with Crippen LogP contribution in [0.5, 0.6) is 0 Å². The van der Waals surface area contributed by atoms with E-state index in [9.17, 15) is 22.0 Å². The molecule has 2 rings (SSSR count). The third-order valence-corrected chi connectivity index (χ3v) is 5.64. The Morgan fingerprint density at radius 1 is 1.29 bits per heavy atom. The van der Waals surface area contributed by atoms with Crippen molar-refractivity contribution in [1.82, 2.24) is 14.9 Å². The second-order valence-electron chi connectivity index (χ2n) is 5.54. The summed E-state index contributed by atoms with van der Waals surface area (Å²) >= 11 is 0. The average Bonchev–Trinajstić information content (AvgIpc) is 2.99. The number of hydrogen-bond acceptors (Lipinski definition) is 4. The van der Waals surface area contributed by atoms with Crippen molar-refractivity contribution in [3.05, 3.63) is 0 Å². The minimum absolute atomic E-state index is 0.0323. The minimum atomic E-state index is -4.47. The van der Waals surface area contributed by atoms with Crippen LogP contribution in [0.1, 0.15) is 25.7 Å². The van der Waals surface area contributed by atoms with Gasteiger partial charge in [-0.3, -0.25) is 4.79 Å². The number of rotatable bonds is 5. The maximum Gasteiger partial charge on any atom is 0.350 e. The van der Waals surface area contributed by atoms with Gasteiger partial charge < -0.3 is 10.6 Å². The highest BCUT2D eigenvalue weighted by Crippen LogP contribution is 2.22. The molecule has 0 bridgehead atoms. The highest BCUT2D eigenvalue weighted by molar-refractivity contribution is 7.89. The number of piperidine rings is 1. The number of carbonyl (C=O) groups is 1. The van der Waals surface area contributed by atoms with Gasteiger partial charge >= 0.3 is 5.76 Å². The molecule has 2 saturated heterocycles. The number of hydrogen-bond donors (Lipinski definition) is 2. The molecule has 1 atom stereocenters. The molecule has 1 unspecified atom stereocenters. The van der Waals surface area contributed by atoms with Crippen LogP contribution in [0.3, 0.4) is 0 Å². The standard InChI is InChI=1S/C12H21F2N3O3S/c13-12(14)21(19,20)17-6-3-9(4-7-17)8-16-11(18)10-2-1-5-15-10/h9-10,12,15H,1-8H2,(H,16,18). The van der Waals surface area contributed by atoms with Crippen molar-refractivity contribution in [2.75, 3.05) is 26.2 Å². The lowest BCUT2D eigenvalue weighted by Gasteiger charge is -2.31. The summed E-state index contributed by atoms with van der Waals surface area (Å²) in [6, 6.07) is -0.135. The van der Waals surface area contributed by atoms with Crippen molar-refractivity contribution in [2.24, 2.45) is 5.92 Å². The van der Waals surface area contributed by atoms with Gasteiger partial charge in [0.25, 0.3) is 10.0 Å². The minimum Gasteiger partial charge on any atom is -0.354 e. The van der Waals surface area contributed by atoms with Crippen LogP contribution in [0.25, 0.3) is 0 Å². The van der Waals surface area contributed by atoms with E-state index in [1.165, 1.54) is 0 Å². The van der Waals surface area contributed by atoms with E-state index >= 15 is 0 Å². The van der Waals surface area contributed by atoms with E-state index in [1.54, 1.807) is 0 Å². The Kier molecular flexibility index (Phi) is 5.50. The molecule has 2 fully saturated rings. The highest BCUT2D eigenvalue weighted by Gasteiger charge is 2.34. The van der Waals surface area contributed by atoms with Crippen LogP contribution < -0.4 is 10.6 Å². The van der Waals surface area contributed by atoms with Crippen LogP contribution in [-0.2, 0) is 14.8 Å². The molecule has 6 nitrogen and oxygen atoms in total. The molecule has 0 radical (unpaired) electrons. The van der Waals surface area contributed by atoms with Crippen molar-refractivity contribution >= 4 is 15.9 Å². The Morgan fingerprint density at radius 2 is 1.95 bits per heavy atom. The molecule has 9 heteroatoms. The third kappa shape index (κ3) is 4.10. The Bertz CT molecular complexity index is 458. The van der Waals surface area contributed by atoms with Gasteiger partial charge in [0.1, 0.15) is 0 Å². The van der Waals surface area contributed by atoms with E-state index < -0.39 is 15.8 Å². The van der Waals surface area contributed by atoms with E-state index in [1.807, 2.05) is 0 Å². The van der Waals surface area contributed by atoms with E-state index in [0.29, 0.717) is 19.4 Å². The lowest BCUT2D eigenvalue weighted by molar-refractivity contribution is -0.123. The summed E-state index contributed by atoms with van der Waals surface area (Å²) in [5.41, 5.74) is 0. The first-order chi connectivity index (χ1) is 9.91. The molecule has 0 aromatic carbocycles. The fourth-order valence-electron chi connectivity index (χ4n) is 2.76. The Hall–Kier alpha value is -0.800. The number of halogens is 2. The quantitative estimate of drug-likeness (QED) is 0.752. The molecule has 0 saturated carbocycles. The SMILES string of the molecule is O=C(NCC1CCN(S(=O)(=O)C(F)F)CC1)C1CCCN1. The summed E-state index contributed by atoms with van der Waals surface area (Å²) in [5.74, 6) is -3.25. The van der Waals surface area contributed by atoms with E-state index in [-0.39, 0.29) is 31.0 Å². The molecule has 1 amide bonds. The van der Waals surface area contributed by atoms with Crippen LogP contribution in [0.2, 0.25) is 0 Å². The zero-order chi connectivity index (χ0) is 15.5. The van der Waals surface area contributed by atoms with E-state index in [2.05, 4.69) is 10.6 Å². The van der Waals surface area contributed by atoms with Gasteiger partial charge in [-0.15, -0.1) is 0 Å². The number of nitrogens with zero attached hydrogens (tertiary/aromatic N) is 1. The maximum atomic E-state index is 12.4. The monoisotopic (exact) mass is 325 g/mol. The van der Waals surface area contributed by atoms with Gasteiger partial charge in [0.15, 0.2) is 0 Å². The van der Waals surface area contributed by atoms with Crippen LogP contribution >= 0.6 is 0 Å². The molecular formula is C12H21F2N3O3S. The first kappa shape index (κ1) is 16.6. The second kappa shape index (κ2) is 6.97. The molecule has 2 heterocycles. The molecule has 2 aliphatic rings. The topological polar surface area (TPSA) is 78.5 Å². The summed E-state index contributed by atoms with van der Waals surface area (Å²) in [6.45, 7) is 1.51. The summed E-state index contributed by atoms with van der Waals surface area (Å²) in [7, 11) is -4.47. The lowest BCUT2D eigenvalue weighted by atomic mass is 9.98. The predicted molar refractivity (Wildman–Crippen MR) is 73.3 cm³/mol. The van der Waals surface area contributed by atoms with Gasteiger partial charge in [0.2, 0.25) is 5.91 Å². The Morgan fingerprint density at radius 3 is 2.48 bits per heavy atom. The van der Waals surface area contributed by atoms with Crippen LogP contribution in [0.15, 0.2) is 0 Å². The van der Waals surface area contributed by atoms with Gasteiger partial charge in [-0.05, 0) is 38.1 Å². The Labute approximate surface area is 123 Å². The molecule has 2 aliphatic heterocycles. The molecule has 0 spiro atoms. The summed E-state index contributed by atoms with van der Waals surface area (Å²) in [6.07, 6.45) is 2.80. The van der Waals surface area contributed by atoms with Gasteiger partial charge in [0.05, 0.1) is 6.04 Å². The first-order valence-corrected chi connectivity index (χ1v) is 8.70. The largest absolute Gasteiger partial charge is 0.354 e. The van der Waals surface area contributed by atoms with E-state index in [4.69, 9.17) is 0 Å². The van der Waals surface area contributed by atoms with Gasteiger partial charge in [-0.1, -0.05) is 0 Å². The molecule has 0 aromatic rings. The molecular weight excluding hydrogens is 304 g/mol. The van der Waals surface area contributed by atoms with E-state index in [0.717, 1.165) is 23.7 Å². The molecule has 0 aromatic heterocycles. The smallest absolute Gasteiger partial charge is 0.350 e. The summed E-state index contributed by atoms with van der Waals surface area (Å²) in [4.78, 5) is 11.8. The number of amides is 1. The second-order valence-corrected chi connectivity index (χ2v) is 7.44. The molecule has 0 aliphatic carbocycles. The predicted octanol–water partition coefficient (Wildman–Crippen LogP) is 0.119. The average molecular weight is 325 g/mol. The van der Waals surface area contributed by atoms with Crippen LogP contribution in [-0.4, -0.2) is 56.6 Å². The van der Waals surface area contributed by atoms with Crippen molar-refractivity contribution < 1.29 is 22.0 Å². The third-order valence-electron chi connectivity index (χ3n) is 4.10.